The van der Waals surface area contributed by atoms with Crippen LogP contribution in [0.3, 0.4) is 0 Å². The van der Waals surface area contributed by atoms with E-state index in [0.29, 0.717) is 12.0 Å². The molecule has 0 spiro atoms. The van der Waals surface area contributed by atoms with Gasteiger partial charge in [0.25, 0.3) is 0 Å². The summed E-state index contributed by atoms with van der Waals surface area (Å²) < 4.78 is 5.68. The van der Waals surface area contributed by atoms with Crippen LogP contribution < -0.4 is 5.32 Å². The molecule has 0 bridgehead atoms. The zero-order valence-corrected chi connectivity index (χ0v) is 11.1. The monoisotopic (exact) mass is 233 g/mol. The first-order valence-corrected chi connectivity index (χ1v) is 6.66. The van der Waals surface area contributed by atoms with Gasteiger partial charge < -0.3 is 10.1 Å². The molecule has 2 heteroatoms. The Morgan fingerprint density at radius 3 is 2.94 bits per heavy atom. The van der Waals surface area contributed by atoms with Crippen molar-refractivity contribution in [3.8, 4) is 0 Å². The lowest BCUT2D eigenvalue weighted by Crippen LogP contribution is -2.25. The molecule has 0 aliphatic carbocycles. The summed E-state index contributed by atoms with van der Waals surface area (Å²) >= 11 is 0. The Morgan fingerprint density at radius 2 is 2.24 bits per heavy atom. The summed E-state index contributed by atoms with van der Waals surface area (Å²) in [6.07, 6.45) is 1.04. The Bertz CT molecular complexity index is 373. The van der Waals surface area contributed by atoms with Crippen LogP contribution in [0, 0.1) is 0 Å². The van der Waals surface area contributed by atoms with Gasteiger partial charge in [-0.15, -0.1) is 0 Å². The molecule has 1 N–H and O–H groups in total. The van der Waals surface area contributed by atoms with Crippen molar-refractivity contribution in [1.82, 2.24) is 5.32 Å². The van der Waals surface area contributed by atoms with Crippen LogP contribution in [0.1, 0.15) is 49.4 Å². The van der Waals surface area contributed by atoms with Crippen LogP contribution in [0.25, 0.3) is 0 Å². The van der Waals surface area contributed by atoms with E-state index < -0.39 is 0 Å². The van der Waals surface area contributed by atoms with Crippen LogP contribution in [-0.2, 0) is 11.2 Å². The first-order chi connectivity index (χ1) is 8.22. The van der Waals surface area contributed by atoms with Crippen LogP contribution in [0.5, 0.6) is 0 Å². The molecule has 0 amide bonds. The molecule has 1 atom stereocenters. The quantitative estimate of drug-likeness (QED) is 0.866. The fourth-order valence-electron chi connectivity index (χ4n) is 2.41. The Labute approximate surface area is 104 Å². The van der Waals surface area contributed by atoms with Gasteiger partial charge in [-0.2, -0.15) is 0 Å². The fraction of sp³-hybridized carbons (Fsp3) is 0.600. The van der Waals surface area contributed by atoms with Gasteiger partial charge in [-0.3, -0.25) is 0 Å². The summed E-state index contributed by atoms with van der Waals surface area (Å²) in [5.41, 5.74) is 4.31. The van der Waals surface area contributed by atoms with Crippen molar-refractivity contribution in [2.24, 2.45) is 0 Å². The van der Waals surface area contributed by atoms with Crippen molar-refractivity contribution in [3.63, 3.8) is 0 Å². The fourth-order valence-corrected chi connectivity index (χ4v) is 2.41. The minimum absolute atomic E-state index is 0.358. The topological polar surface area (TPSA) is 21.3 Å². The molecule has 94 valence electrons. The lowest BCUT2D eigenvalue weighted by Gasteiger charge is -2.19. The molecule has 1 aliphatic heterocycles. The summed E-state index contributed by atoms with van der Waals surface area (Å²) in [6, 6.07) is 7.26. The summed E-state index contributed by atoms with van der Waals surface area (Å²) in [4.78, 5) is 0. The van der Waals surface area contributed by atoms with Gasteiger partial charge in [0.2, 0.25) is 0 Å². The third kappa shape index (κ3) is 2.88. The highest BCUT2D eigenvalue weighted by Gasteiger charge is 2.18. The van der Waals surface area contributed by atoms with E-state index in [2.05, 4.69) is 44.3 Å². The van der Waals surface area contributed by atoms with Crippen LogP contribution in [0.2, 0.25) is 0 Å². The van der Waals surface area contributed by atoms with Gasteiger partial charge in [0.1, 0.15) is 0 Å². The van der Waals surface area contributed by atoms with Gasteiger partial charge in [-0.1, -0.05) is 39.0 Å². The molecule has 2 nitrogen and oxygen atoms in total. The van der Waals surface area contributed by atoms with Crippen LogP contribution >= 0.6 is 0 Å². The van der Waals surface area contributed by atoms with E-state index in [1.165, 1.54) is 16.7 Å². The smallest absolute Gasteiger partial charge is 0.0661 e. The van der Waals surface area contributed by atoms with Crippen molar-refractivity contribution in [3.05, 3.63) is 34.9 Å². The minimum atomic E-state index is 0.358. The van der Waals surface area contributed by atoms with Crippen molar-refractivity contribution in [2.45, 2.75) is 39.2 Å². The van der Waals surface area contributed by atoms with Crippen LogP contribution in [0.15, 0.2) is 18.2 Å². The Balaban J connectivity index is 2.35. The molecular weight excluding hydrogens is 210 g/mol. The second-order valence-electron chi connectivity index (χ2n) is 5.05. The molecular formula is C15H23NO. The van der Waals surface area contributed by atoms with E-state index in [-0.39, 0.29) is 0 Å². The average molecular weight is 233 g/mol. The van der Waals surface area contributed by atoms with Gasteiger partial charge in [0.05, 0.1) is 19.3 Å². The summed E-state index contributed by atoms with van der Waals surface area (Å²) in [5, 5.41) is 3.52. The van der Waals surface area contributed by atoms with E-state index in [0.717, 1.165) is 26.2 Å². The number of benzene rings is 1. The van der Waals surface area contributed by atoms with E-state index in [1.54, 1.807) is 0 Å². The third-order valence-electron chi connectivity index (χ3n) is 3.46. The van der Waals surface area contributed by atoms with Gasteiger partial charge in [-0.05, 0) is 35.6 Å². The molecule has 1 heterocycles. The second kappa shape index (κ2) is 5.65. The highest BCUT2D eigenvalue weighted by molar-refractivity contribution is 5.36. The predicted octanol–water partition coefficient (Wildman–Crippen LogP) is 3.03. The molecule has 17 heavy (non-hydrogen) atoms. The standard InChI is InChI=1S/C15H23NO/c1-4-16-15-10-17-8-7-12-5-6-13(11(2)3)9-14(12)15/h5-6,9,11,15-16H,4,7-8,10H2,1-3H3. The maximum Gasteiger partial charge on any atom is 0.0661 e. The molecule has 0 saturated heterocycles. The van der Waals surface area contributed by atoms with Crippen LogP contribution in [-0.4, -0.2) is 19.8 Å². The van der Waals surface area contributed by atoms with Gasteiger partial charge in [0, 0.05) is 0 Å². The molecule has 1 aromatic rings. The SMILES string of the molecule is CCNC1COCCc2ccc(C(C)C)cc21. The van der Waals surface area contributed by atoms with Crippen molar-refractivity contribution < 1.29 is 4.74 Å². The van der Waals surface area contributed by atoms with E-state index in [1.807, 2.05) is 0 Å². The normalized spacial score (nSPS) is 20.1. The molecule has 1 aliphatic rings. The molecule has 0 aromatic heterocycles. The number of nitrogens with one attached hydrogen (secondary N) is 1. The first-order valence-electron chi connectivity index (χ1n) is 6.66. The number of rotatable bonds is 3. The zero-order chi connectivity index (χ0) is 12.3. The van der Waals surface area contributed by atoms with Gasteiger partial charge >= 0.3 is 0 Å². The van der Waals surface area contributed by atoms with E-state index in [9.17, 15) is 0 Å². The maximum atomic E-state index is 5.68. The van der Waals surface area contributed by atoms with Gasteiger partial charge in [-0.25, -0.2) is 0 Å². The Hall–Kier alpha value is -0.860. The van der Waals surface area contributed by atoms with E-state index >= 15 is 0 Å². The van der Waals surface area contributed by atoms with Gasteiger partial charge in [0.15, 0.2) is 0 Å². The summed E-state index contributed by atoms with van der Waals surface area (Å²) in [5.74, 6) is 0.590. The number of ether oxygens (including phenoxy) is 1. The molecule has 0 fully saturated rings. The number of likely N-dealkylation sites (N-methyl/N-ethyl adjacent to an activating group) is 1. The molecule has 0 radical (unpaired) electrons. The largest absolute Gasteiger partial charge is 0.379 e. The maximum absolute atomic E-state index is 5.68. The van der Waals surface area contributed by atoms with Crippen LogP contribution in [0.4, 0.5) is 0 Å². The molecule has 2 rings (SSSR count). The Kier molecular flexibility index (Phi) is 4.19. The number of fused-ring (bicyclic) bond motifs is 1. The number of hydrogen-bond acceptors (Lipinski definition) is 2. The molecule has 0 saturated carbocycles. The second-order valence-corrected chi connectivity index (χ2v) is 5.05. The summed E-state index contributed by atoms with van der Waals surface area (Å²) in [7, 11) is 0. The minimum Gasteiger partial charge on any atom is -0.379 e. The predicted molar refractivity (Wildman–Crippen MR) is 71.5 cm³/mol. The lowest BCUT2D eigenvalue weighted by molar-refractivity contribution is 0.122. The third-order valence-corrected chi connectivity index (χ3v) is 3.46. The highest BCUT2D eigenvalue weighted by atomic mass is 16.5. The number of hydrogen-bond donors (Lipinski definition) is 1. The highest BCUT2D eigenvalue weighted by Crippen LogP contribution is 2.26. The van der Waals surface area contributed by atoms with Crippen molar-refractivity contribution in [1.29, 1.82) is 0 Å². The first kappa shape index (κ1) is 12.6. The zero-order valence-electron chi connectivity index (χ0n) is 11.1. The molecule has 1 aromatic carbocycles. The van der Waals surface area contributed by atoms with Crippen molar-refractivity contribution >= 4 is 0 Å². The van der Waals surface area contributed by atoms with Crippen molar-refractivity contribution in [2.75, 3.05) is 19.8 Å². The lowest BCUT2D eigenvalue weighted by atomic mass is 9.93. The summed E-state index contributed by atoms with van der Waals surface area (Å²) in [6.45, 7) is 9.27. The Morgan fingerprint density at radius 1 is 1.41 bits per heavy atom. The van der Waals surface area contributed by atoms with E-state index in [4.69, 9.17) is 4.74 Å². The molecule has 1 unspecified atom stereocenters. The average Bonchev–Trinajstić information content (AvgIpc) is 2.52.